The fourth-order valence-electron chi connectivity index (χ4n) is 2.16. The average molecular weight is 300 g/mol. The van der Waals surface area contributed by atoms with E-state index in [0.29, 0.717) is 5.56 Å². The first-order valence-electron chi connectivity index (χ1n) is 6.74. The zero-order valence-corrected chi connectivity index (χ0v) is 12.0. The van der Waals surface area contributed by atoms with Crippen molar-refractivity contribution in [3.63, 3.8) is 0 Å². The van der Waals surface area contributed by atoms with Crippen LogP contribution in [0.1, 0.15) is 27.5 Å². The van der Waals surface area contributed by atoms with Crippen molar-refractivity contribution in [2.75, 3.05) is 6.61 Å². The second-order valence-corrected chi connectivity index (χ2v) is 4.93. The maximum absolute atomic E-state index is 12.3. The Morgan fingerprint density at radius 1 is 1.27 bits per heavy atom. The number of aryl methyl sites for hydroxylation is 1. The number of rotatable bonds is 5. The molecule has 114 valence electrons. The Morgan fingerprint density at radius 3 is 2.55 bits per heavy atom. The number of aliphatic hydroxyl groups excluding tert-OH is 1. The highest BCUT2D eigenvalue weighted by Crippen LogP contribution is 2.18. The molecule has 2 rings (SSSR count). The van der Waals surface area contributed by atoms with Crippen molar-refractivity contribution in [1.82, 2.24) is 5.32 Å². The van der Waals surface area contributed by atoms with Gasteiger partial charge in [-0.3, -0.25) is 14.9 Å². The number of hydrogen-bond donors (Lipinski definition) is 2. The molecule has 0 unspecified atom stereocenters. The molecule has 1 atom stereocenters. The standard InChI is InChI=1S/C16H16N2O4/c1-11-7-13(9-14(8-11)18(21)22)16(20)17-15(10-19)12-5-3-2-4-6-12/h2-9,15,19H,10H2,1H3,(H,17,20)/t15-/m0/s1. The van der Waals surface area contributed by atoms with E-state index in [1.807, 2.05) is 18.2 Å². The molecule has 6 nitrogen and oxygen atoms in total. The van der Waals surface area contributed by atoms with Gasteiger partial charge in [-0.25, -0.2) is 0 Å². The lowest BCUT2D eigenvalue weighted by Crippen LogP contribution is -2.30. The highest BCUT2D eigenvalue weighted by atomic mass is 16.6. The fourth-order valence-corrected chi connectivity index (χ4v) is 2.16. The van der Waals surface area contributed by atoms with E-state index in [2.05, 4.69) is 5.32 Å². The highest BCUT2D eigenvalue weighted by Gasteiger charge is 2.17. The maximum atomic E-state index is 12.3. The number of aliphatic hydroxyl groups is 1. The molecule has 0 fully saturated rings. The Kier molecular flexibility index (Phi) is 4.85. The van der Waals surface area contributed by atoms with Crippen molar-refractivity contribution in [1.29, 1.82) is 0 Å². The van der Waals surface area contributed by atoms with Gasteiger partial charge in [-0.05, 0) is 24.1 Å². The summed E-state index contributed by atoms with van der Waals surface area (Å²) in [5, 5.41) is 23.0. The normalized spacial score (nSPS) is 11.7. The van der Waals surface area contributed by atoms with Gasteiger partial charge in [-0.15, -0.1) is 0 Å². The summed E-state index contributed by atoms with van der Waals surface area (Å²) in [6.07, 6.45) is 0. The molecule has 2 N–H and O–H groups in total. The van der Waals surface area contributed by atoms with Crippen LogP contribution in [-0.2, 0) is 0 Å². The van der Waals surface area contributed by atoms with Crippen molar-refractivity contribution < 1.29 is 14.8 Å². The third kappa shape index (κ3) is 3.67. The summed E-state index contributed by atoms with van der Waals surface area (Å²) in [6.45, 7) is 1.42. The quantitative estimate of drug-likeness (QED) is 0.655. The molecule has 0 radical (unpaired) electrons. The van der Waals surface area contributed by atoms with E-state index < -0.39 is 16.9 Å². The highest BCUT2D eigenvalue weighted by molar-refractivity contribution is 5.95. The number of nitro benzene ring substituents is 1. The number of nitro groups is 1. The average Bonchev–Trinajstić information content (AvgIpc) is 2.52. The van der Waals surface area contributed by atoms with Gasteiger partial charge in [0.05, 0.1) is 17.6 Å². The van der Waals surface area contributed by atoms with Gasteiger partial charge in [0.15, 0.2) is 0 Å². The van der Waals surface area contributed by atoms with Crippen molar-refractivity contribution >= 4 is 11.6 Å². The molecule has 0 aliphatic rings. The minimum atomic E-state index is -0.562. The summed E-state index contributed by atoms with van der Waals surface area (Å²) in [5.41, 5.74) is 1.45. The molecule has 0 heterocycles. The van der Waals surface area contributed by atoms with E-state index >= 15 is 0 Å². The number of nitrogens with zero attached hydrogens (tertiary/aromatic N) is 1. The number of carbonyl (C=O) groups is 1. The smallest absolute Gasteiger partial charge is 0.270 e. The van der Waals surface area contributed by atoms with Gasteiger partial charge in [-0.1, -0.05) is 30.3 Å². The first kappa shape index (κ1) is 15.7. The molecule has 0 aliphatic heterocycles. The second kappa shape index (κ2) is 6.82. The SMILES string of the molecule is Cc1cc(C(=O)N[C@@H](CO)c2ccccc2)cc([N+](=O)[O-])c1. The first-order chi connectivity index (χ1) is 10.5. The summed E-state index contributed by atoms with van der Waals surface area (Å²) >= 11 is 0. The zero-order valence-electron chi connectivity index (χ0n) is 12.0. The van der Waals surface area contributed by atoms with Crippen LogP contribution >= 0.6 is 0 Å². The number of carbonyl (C=O) groups excluding carboxylic acids is 1. The van der Waals surface area contributed by atoms with Gasteiger partial charge in [0, 0.05) is 17.7 Å². The monoisotopic (exact) mass is 300 g/mol. The van der Waals surface area contributed by atoms with Crippen LogP contribution in [0.15, 0.2) is 48.5 Å². The van der Waals surface area contributed by atoms with E-state index in [1.54, 1.807) is 25.1 Å². The number of benzene rings is 2. The Morgan fingerprint density at radius 2 is 1.95 bits per heavy atom. The minimum Gasteiger partial charge on any atom is -0.394 e. The van der Waals surface area contributed by atoms with E-state index in [1.165, 1.54) is 12.1 Å². The van der Waals surface area contributed by atoms with Gasteiger partial charge < -0.3 is 10.4 Å². The molecule has 0 aliphatic carbocycles. The van der Waals surface area contributed by atoms with Crippen LogP contribution in [0.5, 0.6) is 0 Å². The molecular weight excluding hydrogens is 284 g/mol. The lowest BCUT2D eigenvalue weighted by molar-refractivity contribution is -0.384. The van der Waals surface area contributed by atoms with Crippen molar-refractivity contribution in [3.05, 3.63) is 75.3 Å². The number of nitrogens with one attached hydrogen (secondary N) is 1. The van der Waals surface area contributed by atoms with E-state index in [0.717, 1.165) is 5.56 Å². The van der Waals surface area contributed by atoms with Crippen LogP contribution in [0, 0.1) is 17.0 Å². The Balaban J connectivity index is 2.23. The van der Waals surface area contributed by atoms with Gasteiger partial charge >= 0.3 is 0 Å². The minimum absolute atomic E-state index is 0.134. The molecular formula is C16H16N2O4. The van der Waals surface area contributed by atoms with Crippen molar-refractivity contribution in [2.24, 2.45) is 0 Å². The van der Waals surface area contributed by atoms with Gasteiger partial charge in [0.25, 0.3) is 11.6 Å². The summed E-state index contributed by atoms with van der Waals surface area (Å²) in [4.78, 5) is 22.6. The third-order valence-corrected chi connectivity index (χ3v) is 3.22. The summed E-state index contributed by atoms with van der Waals surface area (Å²) in [5.74, 6) is -0.463. The number of non-ortho nitro benzene ring substituents is 1. The van der Waals surface area contributed by atoms with Crippen LogP contribution in [0.3, 0.4) is 0 Å². The molecule has 0 aromatic heterocycles. The lowest BCUT2D eigenvalue weighted by atomic mass is 10.1. The van der Waals surface area contributed by atoms with Crippen LogP contribution in [-0.4, -0.2) is 22.5 Å². The van der Waals surface area contributed by atoms with E-state index in [4.69, 9.17) is 0 Å². The predicted octanol–water partition coefficient (Wildman–Crippen LogP) is 2.37. The predicted molar refractivity (Wildman–Crippen MR) is 81.6 cm³/mol. The molecule has 0 saturated carbocycles. The molecule has 0 spiro atoms. The maximum Gasteiger partial charge on any atom is 0.270 e. The fraction of sp³-hybridized carbons (Fsp3) is 0.188. The Labute approximate surface area is 127 Å². The lowest BCUT2D eigenvalue weighted by Gasteiger charge is -2.16. The van der Waals surface area contributed by atoms with Crippen LogP contribution in [0.2, 0.25) is 0 Å². The number of hydrogen-bond acceptors (Lipinski definition) is 4. The first-order valence-corrected chi connectivity index (χ1v) is 6.74. The topological polar surface area (TPSA) is 92.5 Å². The van der Waals surface area contributed by atoms with Crippen molar-refractivity contribution in [3.8, 4) is 0 Å². The number of amides is 1. The van der Waals surface area contributed by atoms with Gasteiger partial charge in [0.1, 0.15) is 0 Å². The van der Waals surface area contributed by atoms with Gasteiger partial charge in [-0.2, -0.15) is 0 Å². The molecule has 1 amide bonds. The molecule has 6 heteroatoms. The van der Waals surface area contributed by atoms with Crippen LogP contribution in [0.25, 0.3) is 0 Å². The van der Waals surface area contributed by atoms with Crippen LogP contribution < -0.4 is 5.32 Å². The van der Waals surface area contributed by atoms with Gasteiger partial charge in [0.2, 0.25) is 0 Å². The molecule has 22 heavy (non-hydrogen) atoms. The Hall–Kier alpha value is -2.73. The van der Waals surface area contributed by atoms with Crippen LogP contribution in [0.4, 0.5) is 5.69 Å². The summed E-state index contributed by atoms with van der Waals surface area (Å²) < 4.78 is 0. The summed E-state index contributed by atoms with van der Waals surface area (Å²) in [6, 6.07) is 12.7. The molecule has 2 aromatic rings. The third-order valence-electron chi connectivity index (χ3n) is 3.22. The van der Waals surface area contributed by atoms with Crippen molar-refractivity contribution in [2.45, 2.75) is 13.0 Å². The Bertz CT molecular complexity index is 686. The molecule has 2 aromatic carbocycles. The zero-order chi connectivity index (χ0) is 16.1. The molecule has 0 saturated heterocycles. The molecule has 0 bridgehead atoms. The largest absolute Gasteiger partial charge is 0.394 e. The van der Waals surface area contributed by atoms with E-state index in [-0.39, 0.29) is 17.9 Å². The second-order valence-electron chi connectivity index (χ2n) is 4.93. The summed E-state index contributed by atoms with van der Waals surface area (Å²) in [7, 11) is 0. The van der Waals surface area contributed by atoms with E-state index in [9.17, 15) is 20.0 Å².